The van der Waals surface area contributed by atoms with Crippen LogP contribution in [-0.2, 0) is 0 Å². The van der Waals surface area contributed by atoms with Gasteiger partial charge in [-0.2, -0.15) is 0 Å². The molecule has 0 aliphatic carbocycles. The van der Waals surface area contributed by atoms with Gasteiger partial charge in [-0.1, -0.05) is 11.6 Å². The van der Waals surface area contributed by atoms with Crippen LogP contribution in [0.2, 0.25) is 4.34 Å². The Hall–Kier alpha value is -0.840. The monoisotopic (exact) mass is 229 g/mol. The average molecular weight is 230 g/mol. The van der Waals surface area contributed by atoms with Crippen molar-refractivity contribution in [3.8, 4) is 10.8 Å². The molecule has 5 heteroatoms. The summed E-state index contributed by atoms with van der Waals surface area (Å²) in [6, 6.07) is 3.62. The lowest BCUT2D eigenvalue weighted by atomic mass is 10.3. The fourth-order valence-electron chi connectivity index (χ4n) is 1.02. The van der Waals surface area contributed by atoms with Gasteiger partial charge in [-0.25, -0.2) is 4.98 Å². The minimum atomic E-state index is -0.633. The van der Waals surface area contributed by atoms with Gasteiger partial charge in [-0.15, -0.1) is 11.3 Å². The maximum Gasteiger partial charge on any atom is 0.236 e. The van der Waals surface area contributed by atoms with E-state index in [1.54, 1.807) is 13.0 Å². The number of hydrogen-bond acceptors (Lipinski definition) is 4. The second-order valence-corrected chi connectivity index (χ2v) is 4.56. The van der Waals surface area contributed by atoms with E-state index in [2.05, 4.69) is 4.98 Å². The number of rotatable bonds is 2. The molecule has 2 heterocycles. The molecule has 1 N–H and O–H groups in total. The molecule has 1 atom stereocenters. The van der Waals surface area contributed by atoms with Crippen LogP contribution in [0.25, 0.3) is 10.8 Å². The first kappa shape index (κ1) is 9.71. The van der Waals surface area contributed by atoms with E-state index in [-0.39, 0.29) is 0 Å². The number of halogens is 1. The second kappa shape index (κ2) is 3.73. The molecule has 2 aromatic heterocycles. The highest BCUT2D eigenvalue weighted by Crippen LogP contribution is 2.31. The van der Waals surface area contributed by atoms with Crippen LogP contribution in [0.4, 0.5) is 0 Å². The summed E-state index contributed by atoms with van der Waals surface area (Å²) in [5, 5.41) is 9.23. The lowest BCUT2D eigenvalue weighted by molar-refractivity contribution is 0.170. The Morgan fingerprint density at radius 3 is 2.86 bits per heavy atom. The van der Waals surface area contributed by atoms with Gasteiger partial charge in [-0.3, -0.25) is 0 Å². The van der Waals surface area contributed by atoms with Crippen LogP contribution in [-0.4, -0.2) is 10.1 Å². The van der Waals surface area contributed by atoms with Crippen molar-refractivity contribution in [3.63, 3.8) is 0 Å². The number of hydrogen-bond donors (Lipinski definition) is 1. The van der Waals surface area contributed by atoms with Crippen molar-refractivity contribution in [1.29, 1.82) is 0 Å². The standard InChI is InChI=1S/C9H8ClNO2S/c1-5(12)6-4-11-9(13-6)7-2-3-8(10)14-7/h2-5,12H,1H3. The molecule has 0 radical (unpaired) electrons. The van der Waals surface area contributed by atoms with E-state index in [4.69, 9.17) is 16.0 Å². The molecule has 2 rings (SSSR count). The summed E-state index contributed by atoms with van der Waals surface area (Å²) < 4.78 is 6.03. The number of nitrogens with zero attached hydrogens (tertiary/aromatic N) is 1. The molecule has 0 saturated carbocycles. The van der Waals surface area contributed by atoms with E-state index in [0.29, 0.717) is 16.0 Å². The van der Waals surface area contributed by atoms with Crippen LogP contribution in [0.5, 0.6) is 0 Å². The maximum atomic E-state index is 9.23. The van der Waals surface area contributed by atoms with Gasteiger partial charge < -0.3 is 9.52 Å². The summed E-state index contributed by atoms with van der Waals surface area (Å²) in [5.74, 6) is 0.960. The molecule has 0 aliphatic rings. The van der Waals surface area contributed by atoms with Crippen LogP contribution in [0, 0.1) is 0 Å². The fraction of sp³-hybridized carbons (Fsp3) is 0.222. The van der Waals surface area contributed by atoms with Gasteiger partial charge in [0, 0.05) is 0 Å². The molecule has 0 aromatic carbocycles. The first-order chi connectivity index (χ1) is 6.66. The third-order valence-corrected chi connectivity index (χ3v) is 2.94. The quantitative estimate of drug-likeness (QED) is 0.861. The van der Waals surface area contributed by atoms with Gasteiger partial charge >= 0.3 is 0 Å². The van der Waals surface area contributed by atoms with Crippen molar-refractivity contribution in [2.75, 3.05) is 0 Å². The highest BCUT2D eigenvalue weighted by Gasteiger charge is 2.11. The first-order valence-corrected chi connectivity index (χ1v) is 5.26. The molecule has 0 amide bonds. The Morgan fingerprint density at radius 2 is 2.36 bits per heavy atom. The minimum Gasteiger partial charge on any atom is -0.438 e. The SMILES string of the molecule is CC(O)c1cnc(-c2ccc(Cl)s2)o1. The fourth-order valence-corrected chi connectivity index (χ4v) is 2.00. The highest BCUT2D eigenvalue weighted by molar-refractivity contribution is 7.19. The van der Waals surface area contributed by atoms with Gasteiger partial charge in [0.05, 0.1) is 15.4 Å². The molecular formula is C9H8ClNO2S. The van der Waals surface area contributed by atoms with Crippen LogP contribution >= 0.6 is 22.9 Å². The summed E-state index contributed by atoms with van der Waals surface area (Å²) in [4.78, 5) is 4.91. The van der Waals surface area contributed by atoms with E-state index in [9.17, 15) is 5.11 Å². The lowest BCUT2D eigenvalue weighted by Gasteiger charge is -1.95. The smallest absolute Gasteiger partial charge is 0.236 e. The number of aliphatic hydroxyl groups is 1. The Kier molecular flexibility index (Phi) is 2.58. The van der Waals surface area contributed by atoms with E-state index in [1.165, 1.54) is 17.5 Å². The van der Waals surface area contributed by atoms with Crippen molar-refractivity contribution in [2.24, 2.45) is 0 Å². The largest absolute Gasteiger partial charge is 0.438 e. The Bertz CT molecular complexity index is 435. The molecule has 1 unspecified atom stereocenters. The minimum absolute atomic E-state index is 0.463. The third kappa shape index (κ3) is 1.82. The van der Waals surface area contributed by atoms with Gasteiger partial charge in [-0.05, 0) is 19.1 Å². The Labute approximate surface area is 90.0 Å². The van der Waals surface area contributed by atoms with Crippen LogP contribution in [0.1, 0.15) is 18.8 Å². The Balaban J connectivity index is 2.33. The molecule has 0 saturated heterocycles. The summed E-state index contributed by atoms with van der Waals surface area (Å²) in [5.41, 5.74) is 0. The predicted octanol–water partition coefficient (Wildman–Crippen LogP) is 3.11. The van der Waals surface area contributed by atoms with Crippen molar-refractivity contribution < 1.29 is 9.52 Å². The maximum absolute atomic E-state index is 9.23. The zero-order valence-corrected chi connectivity index (χ0v) is 8.97. The van der Waals surface area contributed by atoms with Crippen molar-refractivity contribution in [2.45, 2.75) is 13.0 Å². The predicted molar refractivity (Wildman–Crippen MR) is 55.5 cm³/mol. The van der Waals surface area contributed by atoms with Crippen molar-refractivity contribution in [1.82, 2.24) is 4.98 Å². The topological polar surface area (TPSA) is 46.3 Å². The van der Waals surface area contributed by atoms with Crippen molar-refractivity contribution >= 4 is 22.9 Å². The van der Waals surface area contributed by atoms with Gasteiger partial charge in [0.25, 0.3) is 0 Å². The zero-order valence-electron chi connectivity index (χ0n) is 7.40. The summed E-state index contributed by atoms with van der Waals surface area (Å²) >= 11 is 7.17. The molecule has 74 valence electrons. The van der Waals surface area contributed by atoms with Gasteiger partial charge in [0.15, 0.2) is 5.76 Å². The number of aliphatic hydroxyl groups excluding tert-OH is 1. The zero-order chi connectivity index (χ0) is 10.1. The second-order valence-electron chi connectivity index (χ2n) is 2.85. The van der Waals surface area contributed by atoms with Gasteiger partial charge in [0.1, 0.15) is 6.10 Å². The van der Waals surface area contributed by atoms with E-state index < -0.39 is 6.10 Å². The number of aromatic nitrogens is 1. The highest BCUT2D eigenvalue weighted by atomic mass is 35.5. The van der Waals surface area contributed by atoms with E-state index in [1.807, 2.05) is 6.07 Å². The number of oxazole rings is 1. The van der Waals surface area contributed by atoms with E-state index in [0.717, 1.165) is 4.88 Å². The van der Waals surface area contributed by atoms with Crippen LogP contribution in [0.15, 0.2) is 22.7 Å². The normalized spacial score (nSPS) is 13.1. The Morgan fingerprint density at radius 1 is 1.57 bits per heavy atom. The summed E-state index contributed by atoms with van der Waals surface area (Å²) in [6.07, 6.45) is 0.889. The molecule has 0 bridgehead atoms. The van der Waals surface area contributed by atoms with Crippen molar-refractivity contribution in [3.05, 3.63) is 28.4 Å². The van der Waals surface area contributed by atoms with Gasteiger partial charge in [0.2, 0.25) is 5.89 Å². The summed E-state index contributed by atoms with van der Waals surface area (Å²) in [7, 11) is 0. The molecular weight excluding hydrogens is 222 g/mol. The average Bonchev–Trinajstić information content (AvgIpc) is 2.70. The molecule has 0 fully saturated rings. The molecule has 2 aromatic rings. The number of thiophene rings is 1. The molecule has 0 spiro atoms. The van der Waals surface area contributed by atoms with E-state index >= 15 is 0 Å². The molecule has 0 aliphatic heterocycles. The summed E-state index contributed by atoms with van der Waals surface area (Å²) in [6.45, 7) is 1.63. The molecule has 3 nitrogen and oxygen atoms in total. The lowest BCUT2D eigenvalue weighted by Crippen LogP contribution is -1.85. The molecule has 14 heavy (non-hydrogen) atoms. The van der Waals surface area contributed by atoms with Crippen LogP contribution in [0.3, 0.4) is 0 Å². The third-order valence-electron chi connectivity index (χ3n) is 1.72. The first-order valence-electron chi connectivity index (χ1n) is 4.06. The van der Waals surface area contributed by atoms with Crippen LogP contribution < -0.4 is 0 Å².